The Kier molecular flexibility index (Phi) is 2.44. The number of rotatable bonds is 2. The molecule has 11 heavy (non-hydrogen) atoms. The zero-order valence-corrected chi connectivity index (χ0v) is 6.38. The number of carbonyl (C=O) groups excluding carboxylic acids is 1. The van der Waals surface area contributed by atoms with Gasteiger partial charge in [0.1, 0.15) is 10.9 Å². The smallest absolute Gasteiger partial charge is 0.252 e. The Bertz CT molecular complexity index is 235. The van der Waals surface area contributed by atoms with E-state index in [1.54, 1.807) is 0 Å². The maximum atomic E-state index is 10.8. The Balaban J connectivity index is 2.70. The number of hydrazine groups is 1. The predicted molar refractivity (Wildman–Crippen MR) is 40.4 cm³/mol. The average Bonchev–Trinajstić information content (AvgIpc) is 2.53. The highest BCUT2D eigenvalue weighted by Crippen LogP contribution is 2.14. The zero-order chi connectivity index (χ0) is 8.27. The van der Waals surface area contributed by atoms with Crippen molar-refractivity contribution < 1.29 is 4.79 Å². The van der Waals surface area contributed by atoms with Crippen LogP contribution >= 0.6 is 12.6 Å². The van der Waals surface area contributed by atoms with Crippen LogP contribution in [0, 0.1) is 0 Å². The first-order valence-electron chi connectivity index (χ1n) is 2.80. The molecule has 0 aliphatic rings. The molecule has 0 aliphatic heterocycles. The van der Waals surface area contributed by atoms with E-state index in [-0.39, 0.29) is 0 Å². The van der Waals surface area contributed by atoms with E-state index in [1.807, 2.05) is 5.43 Å². The van der Waals surface area contributed by atoms with Crippen LogP contribution in [-0.4, -0.2) is 21.3 Å². The molecule has 1 amide bonds. The summed E-state index contributed by atoms with van der Waals surface area (Å²) < 4.78 is 0. The van der Waals surface area contributed by atoms with Gasteiger partial charge in [0.25, 0.3) is 5.91 Å². The summed E-state index contributed by atoms with van der Waals surface area (Å²) in [6.45, 7) is 0. The summed E-state index contributed by atoms with van der Waals surface area (Å²) in [4.78, 5) is 10.8. The monoisotopic (exact) mass is 173 g/mol. The lowest BCUT2D eigenvalue weighted by atomic mass is 10.3. The lowest BCUT2D eigenvalue weighted by molar-refractivity contribution is -0.120. The molecule has 1 unspecified atom stereocenters. The third kappa shape index (κ3) is 1.69. The van der Waals surface area contributed by atoms with Gasteiger partial charge in [0.15, 0.2) is 0 Å². The number of hydrogen-bond acceptors (Lipinski definition) is 5. The highest BCUT2D eigenvalue weighted by atomic mass is 32.1. The van der Waals surface area contributed by atoms with E-state index in [0.717, 1.165) is 0 Å². The number of carbonyl (C=O) groups is 1. The maximum absolute atomic E-state index is 10.8. The summed E-state index contributed by atoms with van der Waals surface area (Å²) in [6.07, 6.45) is 1.41. The van der Waals surface area contributed by atoms with Crippen molar-refractivity contribution in [1.29, 1.82) is 0 Å². The van der Waals surface area contributed by atoms with Gasteiger partial charge in [0.2, 0.25) is 0 Å². The molecule has 60 valence electrons. The molecular formula is C4H7N5OS. The van der Waals surface area contributed by atoms with Gasteiger partial charge in [-0.2, -0.15) is 28.0 Å². The van der Waals surface area contributed by atoms with Crippen molar-refractivity contribution in [2.45, 2.75) is 5.25 Å². The molecule has 0 bridgehead atoms. The average molecular weight is 173 g/mol. The first kappa shape index (κ1) is 8.02. The van der Waals surface area contributed by atoms with E-state index in [1.165, 1.54) is 6.20 Å². The highest BCUT2D eigenvalue weighted by Gasteiger charge is 2.16. The fraction of sp³-hybridized carbons (Fsp3) is 0.250. The quantitative estimate of drug-likeness (QED) is 0.195. The van der Waals surface area contributed by atoms with Gasteiger partial charge in [-0.3, -0.25) is 10.2 Å². The molecular weight excluding hydrogens is 166 g/mol. The van der Waals surface area contributed by atoms with E-state index >= 15 is 0 Å². The number of nitrogens with two attached hydrogens (primary N) is 1. The molecule has 0 saturated heterocycles. The Morgan fingerprint density at radius 1 is 1.91 bits per heavy atom. The van der Waals surface area contributed by atoms with Gasteiger partial charge < -0.3 is 0 Å². The maximum Gasteiger partial charge on any atom is 0.252 e. The number of thiol groups is 1. The predicted octanol–water partition coefficient (Wildman–Crippen LogP) is -1.23. The summed E-state index contributed by atoms with van der Waals surface area (Å²) in [7, 11) is 0. The van der Waals surface area contributed by atoms with Gasteiger partial charge in [0.05, 0.1) is 6.20 Å². The Morgan fingerprint density at radius 3 is 3.09 bits per heavy atom. The SMILES string of the molecule is NNC(=O)C(S)c1cn[nH]n1. The number of aromatic amines is 1. The summed E-state index contributed by atoms with van der Waals surface area (Å²) in [6, 6.07) is 0. The minimum absolute atomic E-state index is 0.415. The Labute approximate surface area is 67.9 Å². The summed E-state index contributed by atoms with van der Waals surface area (Å²) in [5.74, 6) is 4.46. The van der Waals surface area contributed by atoms with E-state index < -0.39 is 11.2 Å². The van der Waals surface area contributed by atoms with Crippen molar-refractivity contribution in [1.82, 2.24) is 20.8 Å². The number of aromatic nitrogens is 3. The second kappa shape index (κ2) is 3.35. The second-order valence-corrected chi connectivity index (χ2v) is 2.32. The van der Waals surface area contributed by atoms with Crippen molar-refractivity contribution in [3.8, 4) is 0 Å². The molecule has 0 radical (unpaired) electrons. The molecule has 1 aromatic rings. The molecule has 1 atom stereocenters. The topological polar surface area (TPSA) is 96.7 Å². The Morgan fingerprint density at radius 2 is 2.64 bits per heavy atom. The molecule has 7 heteroatoms. The van der Waals surface area contributed by atoms with Crippen LogP contribution in [0.2, 0.25) is 0 Å². The van der Waals surface area contributed by atoms with Gasteiger partial charge in [-0.05, 0) is 0 Å². The van der Waals surface area contributed by atoms with Crippen molar-refractivity contribution in [3.63, 3.8) is 0 Å². The second-order valence-electron chi connectivity index (χ2n) is 1.81. The first-order chi connectivity index (χ1) is 5.25. The standard InChI is InChI=1S/C4H7N5OS/c5-7-4(10)3(11)2-1-6-9-8-2/h1,3,11H,5H2,(H,7,10)(H,6,8,9). The zero-order valence-electron chi connectivity index (χ0n) is 5.48. The fourth-order valence-corrected chi connectivity index (χ4v) is 0.754. The van der Waals surface area contributed by atoms with Gasteiger partial charge in [0, 0.05) is 0 Å². The lowest BCUT2D eigenvalue weighted by Gasteiger charge is -2.02. The molecule has 4 N–H and O–H groups in total. The molecule has 6 nitrogen and oxygen atoms in total. The van der Waals surface area contributed by atoms with Crippen LogP contribution in [0.5, 0.6) is 0 Å². The van der Waals surface area contributed by atoms with Crippen molar-refractivity contribution >= 4 is 18.5 Å². The van der Waals surface area contributed by atoms with Crippen molar-refractivity contribution in [2.75, 3.05) is 0 Å². The van der Waals surface area contributed by atoms with E-state index in [4.69, 9.17) is 5.84 Å². The van der Waals surface area contributed by atoms with Gasteiger partial charge in [-0.1, -0.05) is 0 Å². The number of H-pyrrole nitrogens is 1. The van der Waals surface area contributed by atoms with Crippen LogP contribution < -0.4 is 11.3 Å². The fourth-order valence-electron chi connectivity index (χ4n) is 0.555. The molecule has 0 aromatic carbocycles. The highest BCUT2D eigenvalue weighted by molar-refractivity contribution is 7.81. The number of hydrogen-bond donors (Lipinski definition) is 4. The number of nitrogens with one attached hydrogen (secondary N) is 2. The largest absolute Gasteiger partial charge is 0.293 e. The lowest BCUT2D eigenvalue weighted by Crippen LogP contribution is -2.33. The summed E-state index contributed by atoms with van der Waals surface area (Å²) in [5, 5.41) is 8.86. The van der Waals surface area contributed by atoms with E-state index in [9.17, 15) is 4.79 Å². The van der Waals surface area contributed by atoms with Crippen LogP contribution in [0.15, 0.2) is 6.20 Å². The van der Waals surface area contributed by atoms with Crippen LogP contribution in [0.3, 0.4) is 0 Å². The minimum atomic E-state index is -0.668. The molecule has 1 rings (SSSR count). The molecule has 0 fully saturated rings. The number of nitrogens with zero attached hydrogens (tertiary/aromatic N) is 2. The molecule has 0 aliphatic carbocycles. The van der Waals surface area contributed by atoms with Crippen LogP contribution in [0.1, 0.15) is 10.9 Å². The summed E-state index contributed by atoms with van der Waals surface area (Å²) >= 11 is 3.95. The van der Waals surface area contributed by atoms with Crippen LogP contribution in [-0.2, 0) is 4.79 Å². The van der Waals surface area contributed by atoms with Crippen molar-refractivity contribution in [2.24, 2.45) is 5.84 Å². The van der Waals surface area contributed by atoms with Gasteiger partial charge >= 0.3 is 0 Å². The van der Waals surface area contributed by atoms with Crippen LogP contribution in [0.25, 0.3) is 0 Å². The van der Waals surface area contributed by atoms with Crippen LogP contribution in [0.4, 0.5) is 0 Å². The van der Waals surface area contributed by atoms with E-state index in [2.05, 4.69) is 28.0 Å². The first-order valence-corrected chi connectivity index (χ1v) is 3.31. The molecule has 1 heterocycles. The molecule has 0 spiro atoms. The minimum Gasteiger partial charge on any atom is -0.293 e. The Hall–Kier alpha value is -1.08. The third-order valence-corrected chi connectivity index (χ3v) is 1.60. The van der Waals surface area contributed by atoms with Gasteiger partial charge in [-0.25, -0.2) is 5.84 Å². The van der Waals surface area contributed by atoms with E-state index in [0.29, 0.717) is 5.69 Å². The van der Waals surface area contributed by atoms with Crippen molar-refractivity contribution in [3.05, 3.63) is 11.9 Å². The number of amides is 1. The molecule has 1 aromatic heterocycles. The normalized spacial score (nSPS) is 12.5. The van der Waals surface area contributed by atoms with Gasteiger partial charge in [-0.15, -0.1) is 0 Å². The molecule has 0 saturated carbocycles. The summed E-state index contributed by atoms with van der Waals surface area (Å²) in [5.41, 5.74) is 2.40. The third-order valence-electron chi connectivity index (χ3n) is 1.10.